The molecule has 4 N–H and O–H groups in total. The molecule has 1 aliphatic rings. The second-order valence-corrected chi connectivity index (χ2v) is 6.15. The van der Waals surface area contributed by atoms with Crippen LogP contribution in [0.3, 0.4) is 0 Å². The normalized spacial score (nSPS) is 16.4. The van der Waals surface area contributed by atoms with Crippen molar-refractivity contribution in [3.05, 3.63) is 24.3 Å². The van der Waals surface area contributed by atoms with Crippen molar-refractivity contribution < 1.29 is 14.3 Å². The van der Waals surface area contributed by atoms with Crippen LogP contribution >= 0.6 is 24.8 Å². The Morgan fingerprint density at radius 2 is 1.58 bits per heavy atom. The van der Waals surface area contributed by atoms with Gasteiger partial charge in [-0.1, -0.05) is 6.92 Å². The molecule has 1 aromatic rings. The molecule has 7 nitrogen and oxygen atoms in total. The van der Waals surface area contributed by atoms with Crippen molar-refractivity contribution in [2.45, 2.75) is 19.9 Å². The second-order valence-electron chi connectivity index (χ2n) is 6.15. The van der Waals surface area contributed by atoms with E-state index >= 15 is 0 Å². The Balaban J connectivity index is 0.00000312. The number of carbonyl (C=O) groups excluding carboxylic acids is 2. The number of nitrogens with two attached hydrogens (primary N) is 1. The van der Waals surface area contributed by atoms with E-state index in [1.807, 2.05) is 0 Å². The third-order valence-electron chi connectivity index (χ3n) is 4.11. The van der Waals surface area contributed by atoms with Crippen LogP contribution in [0.2, 0.25) is 0 Å². The fraction of sp³-hybridized carbons (Fsp3) is 0.529. The monoisotopic (exact) mass is 406 g/mol. The van der Waals surface area contributed by atoms with E-state index in [9.17, 15) is 9.59 Å². The van der Waals surface area contributed by atoms with Gasteiger partial charge in [0.2, 0.25) is 11.8 Å². The minimum Gasteiger partial charge on any atom is -0.379 e. The van der Waals surface area contributed by atoms with Crippen LogP contribution in [0.25, 0.3) is 0 Å². The van der Waals surface area contributed by atoms with Crippen molar-refractivity contribution in [3.63, 3.8) is 0 Å². The zero-order chi connectivity index (χ0) is 17.5. The maximum absolute atomic E-state index is 12.0. The number of anilines is 2. The van der Waals surface area contributed by atoms with Gasteiger partial charge < -0.3 is 21.1 Å². The summed E-state index contributed by atoms with van der Waals surface area (Å²) in [6.45, 7) is 6.83. The molecule has 1 saturated heterocycles. The smallest absolute Gasteiger partial charge is 0.238 e. The van der Waals surface area contributed by atoms with E-state index in [2.05, 4.69) is 15.5 Å². The molecule has 0 bridgehead atoms. The van der Waals surface area contributed by atoms with Crippen LogP contribution in [0.1, 0.15) is 13.8 Å². The highest BCUT2D eigenvalue weighted by molar-refractivity contribution is 5.94. The summed E-state index contributed by atoms with van der Waals surface area (Å²) in [5.41, 5.74) is 7.11. The van der Waals surface area contributed by atoms with Gasteiger partial charge in [0.15, 0.2) is 0 Å². The largest absolute Gasteiger partial charge is 0.379 e. The maximum atomic E-state index is 12.0. The third kappa shape index (κ3) is 7.88. The summed E-state index contributed by atoms with van der Waals surface area (Å²) in [4.78, 5) is 26.1. The Morgan fingerprint density at radius 1 is 1.08 bits per heavy atom. The minimum absolute atomic E-state index is 0. The zero-order valence-electron chi connectivity index (χ0n) is 15.1. The molecule has 1 aromatic carbocycles. The number of hydrogen-bond donors (Lipinski definition) is 3. The lowest BCUT2D eigenvalue weighted by molar-refractivity contribution is -0.120. The van der Waals surface area contributed by atoms with Gasteiger partial charge in [0, 0.05) is 30.5 Å². The zero-order valence-corrected chi connectivity index (χ0v) is 16.7. The van der Waals surface area contributed by atoms with Crippen LogP contribution in [0, 0.1) is 5.92 Å². The Bertz CT molecular complexity index is 564. The summed E-state index contributed by atoms with van der Waals surface area (Å²) in [6.07, 6.45) is 0. The predicted molar refractivity (Wildman–Crippen MR) is 108 cm³/mol. The topological polar surface area (TPSA) is 96.7 Å². The summed E-state index contributed by atoms with van der Waals surface area (Å²) in [5, 5.41) is 5.67. The van der Waals surface area contributed by atoms with Gasteiger partial charge in [-0.05, 0) is 31.2 Å². The van der Waals surface area contributed by atoms with Crippen molar-refractivity contribution >= 4 is 48.0 Å². The molecule has 0 spiro atoms. The summed E-state index contributed by atoms with van der Waals surface area (Å²) < 4.78 is 5.26. The summed E-state index contributed by atoms with van der Waals surface area (Å²) in [6, 6.07) is 6.85. The molecular formula is C17H28Cl2N4O3. The van der Waals surface area contributed by atoms with E-state index in [-0.39, 0.29) is 48.6 Å². The average molecular weight is 407 g/mol. The Morgan fingerprint density at radius 3 is 2.08 bits per heavy atom. The van der Waals surface area contributed by atoms with Crippen LogP contribution in [-0.2, 0) is 14.3 Å². The summed E-state index contributed by atoms with van der Waals surface area (Å²) >= 11 is 0. The van der Waals surface area contributed by atoms with Crippen molar-refractivity contribution in [3.8, 4) is 0 Å². The number of nitrogens with one attached hydrogen (secondary N) is 2. The molecule has 0 aliphatic carbocycles. The second kappa shape index (κ2) is 12.1. The molecule has 0 radical (unpaired) electrons. The van der Waals surface area contributed by atoms with Gasteiger partial charge in [-0.3, -0.25) is 14.5 Å². The fourth-order valence-corrected chi connectivity index (χ4v) is 2.29. The molecule has 1 heterocycles. The van der Waals surface area contributed by atoms with Crippen molar-refractivity contribution in [2.75, 3.05) is 43.5 Å². The number of amides is 2. The highest BCUT2D eigenvalue weighted by Gasteiger charge is 2.17. The quantitative estimate of drug-likeness (QED) is 0.668. The number of morpholine rings is 1. The molecule has 2 rings (SSSR count). The van der Waals surface area contributed by atoms with Crippen LogP contribution in [0.5, 0.6) is 0 Å². The van der Waals surface area contributed by atoms with E-state index in [0.29, 0.717) is 31.1 Å². The molecule has 2 amide bonds. The molecule has 9 heteroatoms. The van der Waals surface area contributed by atoms with Gasteiger partial charge in [0.25, 0.3) is 0 Å². The molecule has 1 fully saturated rings. The molecular weight excluding hydrogens is 379 g/mol. The first-order chi connectivity index (χ1) is 11.5. The minimum atomic E-state index is -0.266. The molecule has 148 valence electrons. The Labute approximate surface area is 166 Å². The molecule has 2 atom stereocenters. The van der Waals surface area contributed by atoms with Gasteiger partial charge in [0.05, 0.1) is 25.7 Å². The number of nitrogens with zero attached hydrogens (tertiary/aromatic N) is 1. The van der Waals surface area contributed by atoms with Crippen molar-refractivity contribution in [2.24, 2.45) is 11.7 Å². The van der Waals surface area contributed by atoms with Crippen molar-refractivity contribution in [1.82, 2.24) is 4.90 Å². The first-order valence-corrected chi connectivity index (χ1v) is 8.22. The number of hydrogen-bond acceptors (Lipinski definition) is 5. The van der Waals surface area contributed by atoms with E-state index < -0.39 is 0 Å². The van der Waals surface area contributed by atoms with Gasteiger partial charge in [-0.15, -0.1) is 24.8 Å². The number of halogens is 2. The van der Waals surface area contributed by atoms with E-state index in [1.54, 1.807) is 38.1 Å². The van der Waals surface area contributed by atoms with Gasteiger partial charge in [-0.25, -0.2) is 0 Å². The number of carbonyl (C=O) groups is 2. The SMILES string of the molecule is CC(N)C(C)C(=O)Nc1ccc(NC(=O)CN2CCOCC2)cc1.Cl.Cl. The number of benzene rings is 1. The first-order valence-electron chi connectivity index (χ1n) is 8.22. The first kappa shape index (κ1) is 24.6. The molecule has 1 aliphatic heterocycles. The fourth-order valence-electron chi connectivity index (χ4n) is 2.29. The highest BCUT2D eigenvalue weighted by atomic mass is 35.5. The Hall–Kier alpha value is -1.38. The lowest BCUT2D eigenvalue weighted by Gasteiger charge is -2.25. The molecule has 0 saturated carbocycles. The summed E-state index contributed by atoms with van der Waals surface area (Å²) in [5.74, 6) is -0.439. The summed E-state index contributed by atoms with van der Waals surface area (Å²) in [7, 11) is 0. The standard InChI is InChI=1S/C17H26N4O3.2ClH/c1-12(13(2)18)17(23)20-15-5-3-14(4-6-15)19-16(22)11-21-7-9-24-10-8-21;;/h3-6,12-13H,7-11,18H2,1-2H3,(H,19,22)(H,20,23);2*1H. The Kier molecular flexibility index (Phi) is 11.4. The van der Waals surface area contributed by atoms with Crippen LogP contribution in [-0.4, -0.2) is 55.6 Å². The van der Waals surface area contributed by atoms with E-state index in [1.165, 1.54) is 0 Å². The maximum Gasteiger partial charge on any atom is 0.238 e. The lowest BCUT2D eigenvalue weighted by Crippen LogP contribution is -2.41. The van der Waals surface area contributed by atoms with E-state index in [0.717, 1.165) is 13.1 Å². The van der Waals surface area contributed by atoms with E-state index in [4.69, 9.17) is 10.5 Å². The van der Waals surface area contributed by atoms with Crippen molar-refractivity contribution in [1.29, 1.82) is 0 Å². The third-order valence-corrected chi connectivity index (χ3v) is 4.11. The van der Waals surface area contributed by atoms with Crippen LogP contribution in [0.15, 0.2) is 24.3 Å². The predicted octanol–water partition coefficient (Wildman–Crippen LogP) is 1.72. The number of ether oxygens (including phenoxy) is 1. The number of rotatable bonds is 6. The van der Waals surface area contributed by atoms with Crippen LogP contribution < -0.4 is 16.4 Å². The highest BCUT2D eigenvalue weighted by Crippen LogP contribution is 2.15. The average Bonchev–Trinajstić information content (AvgIpc) is 2.56. The molecule has 0 aromatic heterocycles. The molecule has 26 heavy (non-hydrogen) atoms. The van der Waals surface area contributed by atoms with Gasteiger partial charge >= 0.3 is 0 Å². The lowest BCUT2D eigenvalue weighted by atomic mass is 10.0. The van der Waals surface area contributed by atoms with Crippen LogP contribution in [0.4, 0.5) is 11.4 Å². The van der Waals surface area contributed by atoms with Gasteiger partial charge in [0.1, 0.15) is 0 Å². The van der Waals surface area contributed by atoms with Gasteiger partial charge in [-0.2, -0.15) is 0 Å². The molecule has 2 unspecified atom stereocenters.